The smallest absolute Gasteiger partial charge is 0.295 e. The Kier molecular flexibility index (Phi) is 3.69. The van der Waals surface area contributed by atoms with Crippen molar-refractivity contribution < 1.29 is 4.92 Å². The molecule has 5 nitrogen and oxygen atoms in total. The Balaban J connectivity index is 2.16. The first-order chi connectivity index (χ1) is 10.1. The third-order valence-electron chi connectivity index (χ3n) is 3.97. The zero-order valence-corrected chi connectivity index (χ0v) is 12.5. The number of nitrogens with zero attached hydrogens (tertiary/aromatic N) is 3. The number of hydrogen-bond acceptors (Lipinski definition) is 4. The molecule has 0 saturated carbocycles. The zero-order chi connectivity index (χ0) is 15.0. The van der Waals surface area contributed by atoms with E-state index in [-0.39, 0.29) is 10.7 Å². The molecule has 0 spiro atoms. The van der Waals surface area contributed by atoms with Crippen molar-refractivity contribution in [2.45, 2.75) is 0 Å². The van der Waals surface area contributed by atoms with Gasteiger partial charge >= 0.3 is 0 Å². The molecule has 0 atom stereocenters. The lowest BCUT2D eigenvalue weighted by atomic mass is 10.1. The first kappa shape index (κ1) is 14.1. The number of halogens is 1. The molecule has 1 saturated heterocycles. The van der Waals surface area contributed by atoms with Crippen LogP contribution in [0, 0.1) is 10.1 Å². The SMILES string of the molecule is CN1CCN(c2cc(Cl)c([N+](=O)[O-])c3ccccc23)CC1. The van der Waals surface area contributed by atoms with Gasteiger partial charge < -0.3 is 9.80 Å². The molecule has 21 heavy (non-hydrogen) atoms. The van der Waals surface area contributed by atoms with Crippen molar-refractivity contribution in [3.63, 3.8) is 0 Å². The molecule has 0 N–H and O–H groups in total. The Morgan fingerprint density at radius 3 is 2.38 bits per heavy atom. The first-order valence-electron chi connectivity index (χ1n) is 6.87. The molecule has 0 aliphatic carbocycles. The van der Waals surface area contributed by atoms with E-state index in [4.69, 9.17) is 11.6 Å². The van der Waals surface area contributed by atoms with E-state index in [0.29, 0.717) is 5.39 Å². The van der Waals surface area contributed by atoms with Gasteiger partial charge in [0, 0.05) is 37.3 Å². The van der Waals surface area contributed by atoms with E-state index in [9.17, 15) is 10.1 Å². The van der Waals surface area contributed by atoms with E-state index in [0.717, 1.165) is 37.3 Å². The summed E-state index contributed by atoms with van der Waals surface area (Å²) in [5.41, 5.74) is 0.972. The maximum Gasteiger partial charge on any atom is 0.295 e. The van der Waals surface area contributed by atoms with Crippen LogP contribution in [-0.2, 0) is 0 Å². The summed E-state index contributed by atoms with van der Waals surface area (Å²) in [4.78, 5) is 15.4. The largest absolute Gasteiger partial charge is 0.368 e. The average molecular weight is 306 g/mol. The highest BCUT2D eigenvalue weighted by atomic mass is 35.5. The maximum atomic E-state index is 11.3. The second kappa shape index (κ2) is 5.50. The number of anilines is 1. The summed E-state index contributed by atoms with van der Waals surface area (Å²) in [6.07, 6.45) is 0. The molecule has 2 aromatic carbocycles. The van der Waals surface area contributed by atoms with Crippen molar-refractivity contribution >= 4 is 33.7 Å². The maximum absolute atomic E-state index is 11.3. The summed E-state index contributed by atoms with van der Waals surface area (Å²) in [5, 5.41) is 13.0. The quantitative estimate of drug-likeness (QED) is 0.632. The monoisotopic (exact) mass is 305 g/mol. The predicted octanol–water partition coefficient (Wildman–Crippen LogP) is 3.15. The predicted molar refractivity (Wildman–Crippen MR) is 85.3 cm³/mol. The number of piperazine rings is 1. The van der Waals surface area contributed by atoms with Crippen molar-refractivity contribution in [3.8, 4) is 0 Å². The van der Waals surface area contributed by atoms with Gasteiger partial charge in [-0.25, -0.2) is 0 Å². The number of hydrogen-bond donors (Lipinski definition) is 0. The number of likely N-dealkylation sites (N-methyl/N-ethyl adjacent to an activating group) is 1. The lowest BCUT2D eigenvalue weighted by molar-refractivity contribution is -0.382. The summed E-state index contributed by atoms with van der Waals surface area (Å²) in [5.74, 6) is 0. The minimum absolute atomic E-state index is 0.00913. The lowest BCUT2D eigenvalue weighted by Crippen LogP contribution is -2.44. The molecule has 2 aromatic rings. The van der Waals surface area contributed by atoms with E-state index in [1.54, 1.807) is 18.2 Å². The van der Waals surface area contributed by atoms with E-state index in [1.165, 1.54) is 0 Å². The van der Waals surface area contributed by atoms with Gasteiger partial charge in [0.05, 0.1) is 10.3 Å². The Morgan fingerprint density at radius 2 is 1.76 bits per heavy atom. The molecule has 0 unspecified atom stereocenters. The fourth-order valence-electron chi connectivity index (χ4n) is 2.80. The molecule has 110 valence electrons. The Hall–Kier alpha value is -1.85. The first-order valence-corrected chi connectivity index (χ1v) is 7.25. The van der Waals surface area contributed by atoms with Crippen LogP contribution >= 0.6 is 11.6 Å². The van der Waals surface area contributed by atoms with Crippen LogP contribution in [0.1, 0.15) is 0 Å². The fourth-order valence-corrected chi connectivity index (χ4v) is 3.08. The molecule has 0 aromatic heterocycles. The Morgan fingerprint density at radius 1 is 1.14 bits per heavy atom. The van der Waals surface area contributed by atoms with Crippen molar-refractivity contribution in [2.75, 3.05) is 38.1 Å². The molecule has 1 fully saturated rings. The van der Waals surface area contributed by atoms with Gasteiger partial charge in [-0.05, 0) is 19.2 Å². The van der Waals surface area contributed by atoms with E-state index in [2.05, 4.69) is 16.8 Å². The van der Waals surface area contributed by atoms with Crippen LogP contribution in [0.25, 0.3) is 10.8 Å². The van der Waals surface area contributed by atoms with Crippen molar-refractivity contribution in [1.29, 1.82) is 0 Å². The van der Waals surface area contributed by atoms with E-state index >= 15 is 0 Å². The normalized spacial score (nSPS) is 16.4. The van der Waals surface area contributed by atoms with Crippen molar-refractivity contribution in [2.24, 2.45) is 0 Å². The summed E-state index contributed by atoms with van der Waals surface area (Å²) < 4.78 is 0. The van der Waals surface area contributed by atoms with Gasteiger partial charge in [-0.1, -0.05) is 29.8 Å². The summed E-state index contributed by atoms with van der Waals surface area (Å²) >= 11 is 6.17. The van der Waals surface area contributed by atoms with Crippen LogP contribution < -0.4 is 4.90 Å². The number of rotatable bonds is 2. The highest BCUT2D eigenvalue weighted by molar-refractivity contribution is 6.35. The highest BCUT2D eigenvalue weighted by Crippen LogP contribution is 2.39. The van der Waals surface area contributed by atoms with Crippen LogP contribution in [-0.4, -0.2) is 43.0 Å². The number of benzene rings is 2. The van der Waals surface area contributed by atoms with Gasteiger partial charge in [0.1, 0.15) is 5.02 Å². The third kappa shape index (κ3) is 2.54. The molecule has 1 aliphatic rings. The Bertz CT molecular complexity index is 697. The van der Waals surface area contributed by atoms with Gasteiger partial charge in [-0.2, -0.15) is 0 Å². The topological polar surface area (TPSA) is 49.6 Å². The molecule has 3 rings (SSSR count). The van der Waals surface area contributed by atoms with Crippen molar-refractivity contribution in [1.82, 2.24) is 4.90 Å². The van der Waals surface area contributed by atoms with E-state index in [1.807, 2.05) is 12.1 Å². The zero-order valence-electron chi connectivity index (χ0n) is 11.8. The van der Waals surface area contributed by atoms with Crippen LogP contribution in [0.3, 0.4) is 0 Å². The molecule has 0 amide bonds. The standard InChI is InChI=1S/C15H16ClN3O2/c1-17-6-8-18(9-7-17)14-10-13(16)15(19(20)21)12-5-3-2-4-11(12)14/h2-5,10H,6-9H2,1H3. The highest BCUT2D eigenvalue weighted by Gasteiger charge is 2.23. The molecule has 6 heteroatoms. The van der Waals surface area contributed by atoms with Gasteiger partial charge in [0.2, 0.25) is 0 Å². The second-order valence-electron chi connectivity index (χ2n) is 5.32. The van der Waals surface area contributed by atoms with Crippen molar-refractivity contribution in [3.05, 3.63) is 45.5 Å². The number of fused-ring (bicyclic) bond motifs is 1. The van der Waals surface area contributed by atoms with Gasteiger partial charge in [-0.3, -0.25) is 10.1 Å². The minimum atomic E-state index is -0.404. The van der Waals surface area contributed by atoms with E-state index < -0.39 is 4.92 Å². The van der Waals surface area contributed by atoms with Crippen LogP contribution in [0.4, 0.5) is 11.4 Å². The molecule has 0 radical (unpaired) electrons. The van der Waals surface area contributed by atoms with Gasteiger partial charge in [0.25, 0.3) is 5.69 Å². The van der Waals surface area contributed by atoms with Crippen LogP contribution in [0.15, 0.2) is 30.3 Å². The van der Waals surface area contributed by atoms with Gasteiger partial charge in [-0.15, -0.1) is 0 Å². The molecular formula is C15H16ClN3O2. The average Bonchev–Trinajstić information content (AvgIpc) is 2.47. The second-order valence-corrected chi connectivity index (χ2v) is 5.73. The van der Waals surface area contributed by atoms with Crippen LogP contribution in [0.5, 0.6) is 0 Å². The molecular weight excluding hydrogens is 290 g/mol. The number of nitro groups is 1. The summed E-state index contributed by atoms with van der Waals surface area (Å²) in [6, 6.07) is 9.12. The third-order valence-corrected chi connectivity index (χ3v) is 4.26. The molecule has 0 bridgehead atoms. The summed E-state index contributed by atoms with van der Waals surface area (Å²) in [7, 11) is 2.10. The number of nitro benzene ring substituents is 1. The summed E-state index contributed by atoms with van der Waals surface area (Å²) in [6.45, 7) is 3.75. The molecule has 1 heterocycles. The Labute approximate surface area is 127 Å². The lowest BCUT2D eigenvalue weighted by Gasteiger charge is -2.34. The van der Waals surface area contributed by atoms with Gasteiger partial charge in [0.15, 0.2) is 0 Å². The molecule has 1 aliphatic heterocycles. The minimum Gasteiger partial charge on any atom is -0.368 e. The van der Waals surface area contributed by atoms with Crippen LogP contribution in [0.2, 0.25) is 5.02 Å². The fraction of sp³-hybridized carbons (Fsp3) is 0.333.